The smallest absolute Gasteiger partial charge is 0.136 e. The number of aliphatic hydroxyl groups is 1. The molecule has 3 aromatic rings. The Labute approximate surface area is 158 Å². The van der Waals surface area contributed by atoms with Crippen LogP contribution in [0.25, 0.3) is 11.0 Å². The summed E-state index contributed by atoms with van der Waals surface area (Å²) in [7, 11) is 1.63. The van der Waals surface area contributed by atoms with Crippen molar-refractivity contribution in [3.05, 3.63) is 58.4 Å². The summed E-state index contributed by atoms with van der Waals surface area (Å²) >= 11 is 6.18. The third kappa shape index (κ3) is 4.01. The molecule has 2 aromatic carbocycles. The second-order valence-electron chi connectivity index (χ2n) is 6.40. The third-order valence-electron chi connectivity index (χ3n) is 4.25. The number of methoxy groups -OCH3 is 1. The summed E-state index contributed by atoms with van der Waals surface area (Å²) in [5, 5.41) is 11.2. The Hall–Kier alpha value is -2.08. The van der Waals surface area contributed by atoms with E-state index in [-0.39, 0.29) is 6.61 Å². The van der Waals surface area contributed by atoms with Crippen molar-refractivity contribution in [2.45, 2.75) is 33.1 Å². The molecule has 0 bridgehead atoms. The van der Waals surface area contributed by atoms with Crippen LogP contribution in [-0.2, 0) is 17.9 Å². The fourth-order valence-corrected chi connectivity index (χ4v) is 3.12. The fraction of sp³-hybridized carbons (Fsp3) is 0.350. The number of nitrogens with zero attached hydrogens (tertiary/aromatic N) is 2. The molecule has 1 heterocycles. The van der Waals surface area contributed by atoms with Gasteiger partial charge in [-0.2, -0.15) is 0 Å². The number of benzene rings is 2. The maximum absolute atomic E-state index is 10.5. The number of aryl methyl sites for hydroxylation is 2. The molecule has 0 spiro atoms. The van der Waals surface area contributed by atoms with Crippen molar-refractivity contribution >= 4 is 22.6 Å². The molecule has 5 nitrogen and oxygen atoms in total. The van der Waals surface area contributed by atoms with Gasteiger partial charge in [0.15, 0.2) is 0 Å². The molecule has 0 aliphatic rings. The third-order valence-corrected chi connectivity index (χ3v) is 4.85. The van der Waals surface area contributed by atoms with Crippen molar-refractivity contribution < 1.29 is 14.6 Å². The highest BCUT2D eigenvalue weighted by molar-refractivity contribution is 6.32. The molecule has 1 aromatic heterocycles. The van der Waals surface area contributed by atoms with Crippen LogP contribution in [0.5, 0.6) is 5.75 Å². The van der Waals surface area contributed by atoms with E-state index in [0.717, 1.165) is 33.0 Å². The molecule has 0 aliphatic heterocycles. The van der Waals surface area contributed by atoms with Gasteiger partial charge in [-0.25, -0.2) is 4.98 Å². The van der Waals surface area contributed by atoms with Crippen LogP contribution in [0.15, 0.2) is 36.4 Å². The minimum absolute atomic E-state index is 0.180. The predicted octanol–water partition coefficient (Wildman–Crippen LogP) is 3.89. The van der Waals surface area contributed by atoms with Crippen LogP contribution >= 0.6 is 11.6 Å². The summed E-state index contributed by atoms with van der Waals surface area (Å²) in [6.07, 6.45) is -0.681. The number of hydrogen-bond acceptors (Lipinski definition) is 4. The van der Waals surface area contributed by atoms with E-state index in [9.17, 15) is 5.11 Å². The molecule has 1 atom stereocenters. The number of para-hydroxylation sites is 2. The van der Waals surface area contributed by atoms with E-state index in [4.69, 9.17) is 21.1 Å². The minimum Gasteiger partial charge on any atom is -0.491 e. The maximum atomic E-state index is 10.5. The molecule has 3 rings (SSSR count). The average molecular weight is 375 g/mol. The molecule has 6 heteroatoms. The van der Waals surface area contributed by atoms with Crippen molar-refractivity contribution in [1.29, 1.82) is 0 Å². The van der Waals surface area contributed by atoms with Crippen molar-refractivity contribution in [2.24, 2.45) is 0 Å². The van der Waals surface area contributed by atoms with Crippen molar-refractivity contribution in [3.63, 3.8) is 0 Å². The Balaban J connectivity index is 1.73. The first-order valence-electron chi connectivity index (χ1n) is 8.50. The summed E-state index contributed by atoms with van der Waals surface area (Å²) in [5.74, 6) is 1.49. The Bertz CT molecular complexity index is 884. The molecule has 138 valence electrons. The van der Waals surface area contributed by atoms with E-state index in [1.165, 1.54) is 0 Å². The molecular formula is C20H23ClN2O3. The molecule has 0 amide bonds. The normalized spacial score (nSPS) is 12.5. The van der Waals surface area contributed by atoms with Crippen LogP contribution in [0.4, 0.5) is 0 Å². The van der Waals surface area contributed by atoms with Gasteiger partial charge in [-0.3, -0.25) is 0 Å². The summed E-state index contributed by atoms with van der Waals surface area (Å²) in [6.45, 7) is 4.82. The number of ether oxygens (including phenoxy) is 2. The van der Waals surface area contributed by atoms with Crippen LogP contribution in [0.2, 0.25) is 5.02 Å². The highest BCUT2D eigenvalue weighted by atomic mass is 35.5. The number of aromatic nitrogens is 2. The van der Waals surface area contributed by atoms with E-state index in [2.05, 4.69) is 4.98 Å². The molecule has 1 N–H and O–H groups in total. The second kappa shape index (κ2) is 8.08. The molecule has 0 aliphatic carbocycles. The van der Waals surface area contributed by atoms with Gasteiger partial charge in [0.2, 0.25) is 0 Å². The van der Waals surface area contributed by atoms with Gasteiger partial charge in [0.05, 0.1) is 17.6 Å². The lowest BCUT2D eigenvalue weighted by Gasteiger charge is -2.16. The molecule has 1 unspecified atom stereocenters. The zero-order chi connectivity index (χ0) is 18.7. The lowest BCUT2D eigenvalue weighted by molar-refractivity contribution is 0.0901. The van der Waals surface area contributed by atoms with Crippen molar-refractivity contribution in [1.82, 2.24) is 9.55 Å². The van der Waals surface area contributed by atoms with Crippen LogP contribution in [0.1, 0.15) is 17.0 Å². The van der Waals surface area contributed by atoms with Crippen molar-refractivity contribution in [2.75, 3.05) is 13.7 Å². The van der Waals surface area contributed by atoms with Crippen LogP contribution in [0, 0.1) is 13.8 Å². The fourth-order valence-electron chi connectivity index (χ4n) is 3.01. The number of imidazole rings is 1. The van der Waals surface area contributed by atoms with Gasteiger partial charge in [-0.15, -0.1) is 0 Å². The highest BCUT2D eigenvalue weighted by Crippen LogP contribution is 2.26. The van der Waals surface area contributed by atoms with Gasteiger partial charge in [0, 0.05) is 12.1 Å². The van der Waals surface area contributed by atoms with E-state index < -0.39 is 6.10 Å². The summed E-state index contributed by atoms with van der Waals surface area (Å²) in [5.41, 5.74) is 3.77. The number of hydrogen-bond donors (Lipinski definition) is 1. The first-order valence-corrected chi connectivity index (χ1v) is 8.88. The minimum atomic E-state index is -0.681. The average Bonchev–Trinajstić information content (AvgIpc) is 2.95. The van der Waals surface area contributed by atoms with Gasteiger partial charge in [-0.1, -0.05) is 23.7 Å². The number of rotatable bonds is 7. The van der Waals surface area contributed by atoms with Gasteiger partial charge in [0.1, 0.15) is 30.9 Å². The van der Waals surface area contributed by atoms with Gasteiger partial charge in [-0.05, 0) is 49.2 Å². The number of aliphatic hydroxyl groups excluding tert-OH is 1. The van der Waals surface area contributed by atoms with Crippen LogP contribution < -0.4 is 4.74 Å². The summed E-state index contributed by atoms with van der Waals surface area (Å²) < 4.78 is 13.0. The Morgan fingerprint density at radius 1 is 1.19 bits per heavy atom. The standard InChI is InChI=1S/C20H23ClN2O3/c1-13-8-16(9-14(2)20(13)21)26-11-15(24)10-23-18-7-5-4-6-17(18)22-19(23)12-25-3/h4-9,15,24H,10-12H2,1-3H3. The SMILES string of the molecule is COCc1nc2ccccc2n1CC(O)COc1cc(C)c(Cl)c(C)c1. The van der Waals surface area contributed by atoms with E-state index >= 15 is 0 Å². The highest BCUT2D eigenvalue weighted by Gasteiger charge is 2.15. The van der Waals surface area contributed by atoms with E-state index in [1.807, 2.05) is 54.8 Å². The van der Waals surface area contributed by atoms with Gasteiger partial charge >= 0.3 is 0 Å². The van der Waals surface area contributed by atoms with Crippen molar-refractivity contribution in [3.8, 4) is 5.75 Å². The topological polar surface area (TPSA) is 56.5 Å². The number of halogens is 1. The quantitative estimate of drug-likeness (QED) is 0.681. The molecule has 0 radical (unpaired) electrons. The largest absolute Gasteiger partial charge is 0.491 e. The van der Waals surface area contributed by atoms with E-state index in [1.54, 1.807) is 7.11 Å². The Morgan fingerprint density at radius 3 is 2.58 bits per heavy atom. The predicted molar refractivity (Wildman–Crippen MR) is 103 cm³/mol. The monoisotopic (exact) mass is 374 g/mol. The second-order valence-corrected chi connectivity index (χ2v) is 6.77. The molecule has 26 heavy (non-hydrogen) atoms. The zero-order valence-corrected chi connectivity index (χ0v) is 16.0. The Morgan fingerprint density at radius 2 is 1.88 bits per heavy atom. The number of fused-ring (bicyclic) bond motifs is 1. The van der Waals surface area contributed by atoms with E-state index in [0.29, 0.717) is 18.9 Å². The zero-order valence-electron chi connectivity index (χ0n) is 15.2. The molecular weight excluding hydrogens is 352 g/mol. The summed E-state index contributed by atoms with van der Waals surface area (Å²) in [4.78, 5) is 4.58. The summed E-state index contributed by atoms with van der Waals surface area (Å²) in [6, 6.07) is 11.6. The lowest BCUT2D eigenvalue weighted by atomic mass is 10.1. The van der Waals surface area contributed by atoms with Crippen LogP contribution in [0.3, 0.4) is 0 Å². The lowest BCUT2D eigenvalue weighted by Crippen LogP contribution is -2.24. The van der Waals surface area contributed by atoms with Gasteiger partial charge in [0.25, 0.3) is 0 Å². The molecule has 0 fully saturated rings. The first-order chi connectivity index (χ1) is 12.5. The van der Waals surface area contributed by atoms with Gasteiger partial charge < -0.3 is 19.1 Å². The Kier molecular flexibility index (Phi) is 5.81. The van der Waals surface area contributed by atoms with Crippen LogP contribution in [-0.4, -0.2) is 34.5 Å². The molecule has 0 saturated carbocycles. The maximum Gasteiger partial charge on any atom is 0.136 e. The first kappa shape index (κ1) is 18.7. The molecule has 0 saturated heterocycles.